The summed E-state index contributed by atoms with van der Waals surface area (Å²) in [6.45, 7) is 2.48. The summed E-state index contributed by atoms with van der Waals surface area (Å²) in [6, 6.07) is 1.58. The van der Waals surface area contributed by atoms with Crippen LogP contribution < -0.4 is 11.1 Å². The van der Waals surface area contributed by atoms with Gasteiger partial charge in [-0.1, -0.05) is 29.1 Å². The average molecular weight is 407 g/mol. The highest BCUT2D eigenvalue weighted by Gasteiger charge is 2.26. The molecule has 2 aliphatic heterocycles. The number of carbonyl (C=O) groups is 1. The van der Waals surface area contributed by atoms with Gasteiger partial charge in [0.1, 0.15) is 23.1 Å². The second-order valence-corrected chi connectivity index (χ2v) is 7.64. The smallest absolute Gasteiger partial charge is 0.267 e. The molecular weight excluding hydrogens is 387 g/mol. The van der Waals surface area contributed by atoms with E-state index in [9.17, 15) is 4.79 Å². The molecule has 2 atom stereocenters. The molecule has 2 aromatic heterocycles. The van der Waals surface area contributed by atoms with E-state index in [-0.39, 0.29) is 17.8 Å². The van der Waals surface area contributed by atoms with Gasteiger partial charge >= 0.3 is 0 Å². The predicted molar refractivity (Wildman–Crippen MR) is 105 cm³/mol. The van der Waals surface area contributed by atoms with Gasteiger partial charge < -0.3 is 20.4 Å². The zero-order valence-corrected chi connectivity index (χ0v) is 16.2. The summed E-state index contributed by atoms with van der Waals surface area (Å²) in [6.07, 6.45) is 3.84. The van der Waals surface area contributed by atoms with Gasteiger partial charge in [-0.05, 0) is 44.2 Å². The summed E-state index contributed by atoms with van der Waals surface area (Å²) in [5.74, 6) is 5.75. The number of ether oxygens (including phenoxy) is 1. The van der Waals surface area contributed by atoms with Crippen LogP contribution in [0.2, 0.25) is 10.0 Å². The Morgan fingerprint density at radius 1 is 1.37 bits per heavy atom. The van der Waals surface area contributed by atoms with E-state index in [0.717, 1.165) is 45.4 Å². The van der Waals surface area contributed by atoms with E-state index >= 15 is 0 Å². The maximum atomic E-state index is 11.7. The van der Waals surface area contributed by atoms with Crippen LogP contribution in [0.3, 0.4) is 0 Å². The van der Waals surface area contributed by atoms with Gasteiger partial charge in [0.05, 0.1) is 15.4 Å². The lowest BCUT2D eigenvalue weighted by Crippen LogP contribution is -2.32. The van der Waals surface area contributed by atoms with E-state index in [4.69, 9.17) is 33.7 Å². The van der Waals surface area contributed by atoms with Crippen molar-refractivity contribution in [2.24, 2.45) is 5.73 Å². The van der Waals surface area contributed by atoms with Crippen LogP contribution >= 0.6 is 23.2 Å². The lowest BCUT2D eigenvalue weighted by atomic mass is 10.1. The third-order valence-corrected chi connectivity index (χ3v) is 5.68. The van der Waals surface area contributed by atoms with Crippen LogP contribution in [-0.2, 0) is 4.74 Å². The molecule has 2 saturated heterocycles. The van der Waals surface area contributed by atoms with E-state index in [0.29, 0.717) is 26.8 Å². The molecule has 8 heteroatoms. The molecule has 0 radical (unpaired) electrons. The number of piperidine rings is 1. The van der Waals surface area contributed by atoms with Gasteiger partial charge in [-0.2, -0.15) is 0 Å². The number of halogens is 2. The standard InChI is InChI=1S/C19H20Cl2N4O2/c20-13-9-14(18(22)26)24-19-16(13)17(21)15(6-5-12-4-2-8-27-12)25(19)11-3-1-7-23-10-11/h9,11-12,23H,1-4,7-8,10H2,(H2,22,26)/t11-,12?/m0/s1. The first kappa shape index (κ1) is 18.6. The number of hydrogen-bond donors (Lipinski definition) is 2. The Morgan fingerprint density at radius 3 is 2.89 bits per heavy atom. The largest absolute Gasteiger partial charge is 0.366 e. The number of rotatable bonds is 2. The SMILES string of the molecule is NC(=O)c1cc(Cl)c2c(Cl)c(C#CC3CCCO3)n([C@H]3CCCNC3)c2n1. The summed E-state index contributed by atoms with van der Waals surface area (Å²) in [5, 5.41) is 4.80. The number of amides is 1. The number of fused-ring (bicyclic) bond motifs is 1. The van der Waals surface area contributed by atoms with Crippen molar-refractivity contribution in [2.45, 2.75) is 37.8 Å². The predicted octanol–water partition coefficient (Wildman–Crippen LogP) is 2.90. The molecule has 27 heavy (non-hydrogen) atoms. The van der Waals surface area contributed by atoms with Crippen LogP contribution in [0, 0.1) is 11.8 Å². The Labute approximate surface area is 167 Å². The number of pyridine rings is 1. The normalized spacial score (nSPS) is 22.6. The molecule has 0 saturated carbocycles. The maximum Gasteiger partial charge on any atom is 0.267 e. The molecule has 0 bridgehead atoms. The quantitative estimate of drug-likeness (QED) is 0.751. The second-order valence-electron chi connectivity index (χ2n) is 6.86. The van der Waals surface area contributed by atoms with E-state index in [1.54, 1.807) is 0 Å². The van der Waals surface area contributed by atoms with Crippen molar-refractivity contribution in [2.75, 3.05) is 19.7 Å². The molecular formula is C19H20Cl2N4O2. The number of nitrogens with one attached hydrogen (secondary N) is 1. The van der Waals surface area contributed by atoms with Crippen LogP contribution in [0.1, 0.15) is 47.9 Å². The summed E-state index contributed by atoms with van der Waals surface area (Å²) in [4.78, 5) is 16.1. The second kappa shape index (κ2) is 7.69. The Bertz CT molecular complexity index is 948. The van der Waals surface area contributed by atoms with E-state index in [2.05, 4.69) is 22.1 Å². The fourth-order valence-corrected chi connectivity index (χ4v) is 4.35. The van der Waals surface area contributed by atoms with Gasteiger partial charge in [0, 0.05) is 19.2 Å². The van der Waals surface area contributed by atoms with Crippen LogP contribution in [0.5, 0.6) is 0 Å². The van der Waals surface area contributed by atoms with Crippen molar-refractivity contribution < 1.29 is 9.53 Å². The highest BCUT2D eigenvalue weighted by Crippen LogP contribution is 2.38. The van der Waals surface area contributed by atoms with Crippen LogP contribution in [0.15, 0.2) is 6.07 Å². The summed E-state index contributed by atoms with van der Waals surface area (Å²) in [5.41, 5.74) is 6.75. The highest BCUT2D eigenvalue weighted by molar-refractivity contribution is 6.43. The lowest BCUT2D eigenvalue weighted by Gasteiger charge is -2.25. The third kappa shape index (κ3) is 3.53. The fraction of sp³-hybridized carbons (Fsp3) is 0.474. The Kier molecular flexibility index (Phi) is 5.29. The molecule has 1 unspecified atom stereocenters. The zero-order valence-electron chi connectivity index (χ0n) is 14.7. The van der Waals surface area contributed by atoms with Gasteiger partial charge in [-0.3, -0.25) is 4.79 Å². The minimum atomic E-state index is -0.628. The van der Waals surface area contributed by atoms with E-state index in [1.807, 2.05) is 4.57 Å². The first-order valence-corrected chi connectivity index (χ1v) is 9.85. The Hall–Kier alpha value is -1.78. The topological polar surface area (TPSA) is 82.2 Å². The molecule has 142 valence electrons. The van der Waals surface area contributed by atoms with Crippen molar-refractivity contribution in [1.29, 1.82) is 0 Å². The Morgan fingerprint density at radius 2 is 2.22 bits per heavy atom. The number of carbonyl (C=O) groups excluding carboxylic acids is 1. The van der Waals surface area contributed by atoms with Crippen molar-refractivity contribution in [1.82, 2.24) is 14.9 Å². The molecule has 0 aromatic carbocycles. The number of nitrogens with zero attached hydrogens (tertiary/aromatic N) is 2. The van der Waals surface area contributed by atoms with Crippen molar-refractivity contribution in [3.05, 3.63) is 27.5 Å². The molecule has 4 heterocycles. The molecule has 2 aromatic rings. The highest BCUT2D eigenvalue weighted by atomic mass is 35.5. The van der Waals surface area contributed by atoms with Crippen molar-refractivity contribution in [3.8, 4) is 11.8 Å². The first-order chi connectivity index (χ1) is 13.1. The minimum Gasteiger partial charge on any atom is -0.366 e. The van der Waals surface area contributed by atoms with Crippen LogP contribution in [-0.4, -0.2) is 41.3 Å². The third-order valence-electron chi connectivity index (χ3n) is 5.02. The van der Waals surface area contributed by atoms with Gasteiger partial charge in [-0.25, -0.2) is 4.98 Å². The van der Waals surface area contributed by atoms with Gasteiger partial charge in [0.25, 0.3) is 5.91 Å². The van der Waals surface area contributed by atoms with Crippen LogP contribution in [0.4, 0.5) is 0 Å². The monoisotopic (exact) mass is 406 g/mol. The molecule has 6 nitrogen and oxygen atoms in total. The van der Waals surface area contributed by atoms with E-state index in [1.165, 1.54) is 6.07 Å². The van der Waals surface area contributed by atoms with Crippen molar-refractivity contribution >= 4 is 40.1 Å². The molecule has 0 spiro atoms. The van der Waals surface area contributed by atoms with Crippen LogP contribution in [0.25, 0.3) is 11.0 Å². The fourth-order valence-electron chi connectivity index (χ4n) is 3.70. The van der Waals surface area contributed by atoms with Gasteiger partial charge in [0.15, 0.2) is 0 Å². The lowest BCUT2D eigenvalue weighted by molar-refractivity contribution is 0.0996. The van der Waals surface area contributed by atoms with Crippen molar-refractivity contribution in [3.63, 3.8) is 0 Å². The van der Waals surface area contributed by atoms with E-state index < -0.39 is 5.91 Å². The number of nitrogens with two attached hydrogens (primary N) is 1. The molecule has 1 amide bonds. The zero-order chi connectivity index (χ0) is 19.0. The number of hydrogen-bond acceptors (Lipinski definition) is 4. The summed E-state index contributed by atoms with van der Waals surface area (Å²) >= 11 is 13.1. The molecule has 2 fully saturated rings. The summed E-state index contributed by atoms with van der Waals surface area (Å²) < 4.78 is 7.61. The number of aromatic nitrogens is 2. The maximum absolute atomic E-state index is 11.7. The molecule has 2 aliphatic rings. The average Bonchev–Trinajstić information content (AvgIpc) is 3.27. The Balaban J connectivity index is 1.92. The number of primary amides is 1. The minimum absolute atomic E-state index is 0.0818. The first-order valence-electron chi connectivity index (χ1n) is 9.10. The molecule has 3 N–H and O–H groups in total. The van der Waals surface area contributed by atoms with Gasteiger partial charge in [-0.15, -0.1) is 0 Å². The summed E-state index contributed by atoms with van der Waals surface area (Å²) in [7, 11) is 0. The molecule has 0 aliphatic carbocycles. The van der Waals surface area contributed by atoms with Gasteiger partial charge in [0.2, 0.25) is 0 Å². The molecule has 4 rings (SSSR count).